The summed E-state index contributed by atoms with van der Waals surface area (Å²) < 4.78 is 10.2. The highest BCUT2D eigenvalue weighted by Gasteiger charge is 2.02. The van der Waals surface area contributed by atoms with Crippen LogP contribution in [0.15, 0.2) is 30.3 Å². The molecule has 100 valence electrons. The van der Waals surface area contributed by atoms with Crippen molar-refractivity contribution in [2.75, 3.05) is 19.5 Å². The molecule has 1 aromatic heterocycles. The van der Waals surface area contributed by atoms with Gasteiger partial charge in [0, 0.05) is 12.6 Å². The molecule has 0 aliphatic carbocycles. The number of nitrogens with one attached hydrogen (secondary N) is 1. The molecule has 0 saturated heterocycles. The van der Waals surface area contributed by atoms with Crippen LogP contribution < -0.4 is 14.8 Å². The molecule has 0 aliphatic heterocycles. The Bertz CT molecular complexity index is 541. The highest BCUT2D eigenvalue weighted by atomic mass is 16.5. The summed E-state index contributed by atoms with van der Waals surface area (Å²) in [6.07, 6.45) is 0. The SMILES string of the molecule is COc1ccc(CNc2cc(OC)nc(C)n2)cc1. The smallest absolute Gasteiger partial charge is 0.218 e. The second-order valence-electron chi connectivity index (χ2n) is 4.04. The molecule has 5 heteroatoms. The first-order valence-electron chi connectivity index (χ1n) is 5.97. The molecule has 0 spiro atoms. The van der Waals surface area contributed by atoms with E-state index < -0.39 is 0 Å². The third-order valence-electron chi connectivity index (χ3n) is 2.66. The van der Waals surface area contributed by atoms with E-state index in [9.17, 15) is 0 Å². The third kappa shape index (κ3) is 3.58. The zero-order valence-electron chi connectivity index (χ0n) is 11.3. The summed E-state index contributed by atoms with van der Waals surface area (Å²) in [7, 11) is 3.25. The van der Waals surface area contributed by atoms with Crippen LogP contribution >= 0.6 is 0 Å². The van der Waals surface area contributed by atoms with Gasteiger partial charge in [-0.25, -0.2) is 4.98 Å². The van der Waals surface area contributed by atoms with Crippen molar-refractivity contribution >= 4 is 5.82 Å². The van der Waals surface area contributed by atoms with Crippen molar-refractivity contribution in [3.8, 4) is 11.6 Å². The van der Waals surface area contributed by atoms with Gasteiger partial charge < -0.3 is 14.8 Å². The number of aryl methyl sites for hydroxylation is 1. The fraction of sp³-hybridized carbons (Fsp3) is 0.286. The van der Waals surface area contributed by atoms with E-state index in [-0.39, 0.29) is 0 Å². The molecule has 0 atom stereocenters. The number of nitrogens with zero attached hydrogens (tertiary/aromatic N) is 2. The van der Waals surface area contributed by atoms with Crippen LogP contribution in [0.25, 0.3) is 0 Å². The van der Waals surface area contributed by atoms with E-state index >= 15 is 0 Å². The van der Waals surface area contributed by atoms with Crippen molar-refractivity contribution in [1.29, 1.82) is 0 Å². The minimum atomic E-state index is 0.560. The number of anilines is 1. The van der Waals surface area contributed by atoms with Gasteiger partial charge in [0.2, 0.25) is 5.88 Å². The lowest BCUT2D eigenvalue weighted by Crippen LogP contribution is -2.04. The molecule has 5 nitrogen and oxygen atoms in total. The standard InChI is InChI=1S/C14H17N3O2/c1-10-16-13(8-14(17-10)19-3)15-9-11-4-6-12(18-2)7-5-11/h4-8H,9H2,1-3H3,(H,15,16,17). The quantitative estimate of drug-likeness (QED) is 0.893. The predicted octanol–water partition coefficient (Wildman–Crippen LogP) is 2.41. The van der Waals surface area contributed by atoms with Gasteiger partial charge in [0.05, 0.1) is 14.2 Å². The maximum atomic E-state index is 5.12. The monoisotopic (exact) mass is 259 g/mol. The number of hydrogen-bond acceptors (Lipinski definition) is 5. The van der Waals surface area contributed by atoms with Crippen LogP contribution in [0.2, 0.25) is 0 Å². The van der Waals surface area contributed by atoms with Gasteiger partial charge in [-0.2, -0.15) is 4.98 Å². The highest BCUT2D eigenvalue weighted by Crippen LogP contribution is 2.15. The fourth-order valence-corrected chi connectivity index (χ4v) is 1.67. The van der Waals surface area contributed by atoms with E-state index in [0.29, 0.717) is 18.2 Å². The van der Waals surface area contributed by atoms with Crippen molar-refractivity contribution in [2.24, 2.45) is 0 Å². The molecule has 0 amide bonds. The first kappa shape index (κ1) is 13.1. The summed E-state index contributed by atoms with van der Waals surface area (Å²) in [5, 5.41) is 3.24. The van der Waals surface area contributed by atoms with E-state index in [0.717, 1.165) is 17.1 Å². The van der Waals surface area contributed by atoms with E-state index in [1.165, 1.54) is 0 Å². The van der Waals surface area contributed by atoms with Crippen LogP contribution in [0, 0.1) is 6.92 Å². The molecular formula is C14H17N3O2. The van der Waals surface area contributed by atoms with Crippen molar-refractivity contribution in [1.82, 2.24) is 9.97 Å². The molecular weight excluding hydrogens is 242 g/mol. The van der Waals surface area contributed by atoms with Gasteiger partial charge in [-0.1, -0.05) is 12.1 Å². The van der Waals surface area contributed by atoms with E-state index in [4.69, 9.17) is 9.47 Å². The second kappa shape index (κ2) is 6.04. The largest absolute Gasteiger partial charge is 0.497 e. The first-order chi connectivity index (χ1) is 9.21. The Morgan fingerprint density at radius 1 is 1.05 bits per heavy atom. The molecule has 19 heavy (non-hydrogen) atoms. The number of ether oxygens (including phenoxy) is 2. The summed E-state index contributed by atoms with van der Waals surface area (Å²) in [5.74, 6) is 2.84. The zero-order chi connectivity index (χ0) is 13.7. The number of aromatic nitrogens is 2. The van der Waals surface area contributed by atoms with Gasteiger partial charge in [-0.05, 0) is 24.6 Å². The van der Waals surface area contributed by atoms with Gasteiger partial charge in [0.15, 0.2) is 0 Å². The molecule has 1 N–H and O–H groups in total. The van der Waals surface area contributed by atoms with Crippen LogP contribution in [-0.4, -0.2) is 24.2 Å². The lowest BCUT2D eigenvalue weighted by Gasteiger charge is -2.08. The van der Waals surface area contributed by atoms with Crippen LogP contribution in [0.5, 0.6) is 11.6 Å². The van der Waals surface area contributed by atoms with Crippen LogP contribution in [-0.2, 0) is 6.54 Å². The van der Waals surface area contributed by atoms with Crippen LogP contribution in [0.3, 0.4) is 0 Å². The number of hydrogen-bond donors (Lipinski definition) is 1. The molecule has 0 unspecified atom stereocenters. The number of methoxy groups -OCH3 is 2. The molecule has 0 saturated carbocycles. The minimum Gasteiger partial charge on any atom is -0.497 e. The van der Waals surface area contributed by atoms with E-state index in [2.05, 4.69) is 15.3 Å². The summed E-state index contributed by atoms with van der Waals surface area (Å²) in [6.45, 7) is 2.52. The molecule has 0 bridgehead atoms. The molecule has 1 heterocycles. The molecule has 0 fully saturated rings. The Balaban J connectivity index is 2.03. The van der Waals surface area contributed by atoms with Gasteiger partial charge >= 0.3 is 0 Å². The van der Waals surface area contributed by atoms with Gasteiger partial charge in [-0.3, -0.25) is 0 Å². The Kier molecular flexibility index (Phi) is 4.18. The Morgan fingerprint density at radius 3 is 2.42 bits per heavy atom. The molecule has 0 radical (unpaired) electrons. The maximum absolute atomic E-state index is 5.12. The number of rotatable bonds is 5. The number of benzene rings is 1. The lowest BCUT2D eigenvalue weighted by atomic mass is 10.2. The maximum Gasteiger partial charge on any atom is 0.218 e. The second-order valence-corrected chi connectivity index (χ2v) is 4.04. The summed E-state index contributed by atoms with van der Waals surface area (Å²) in [5.41, 5.74) is 1.15. The zero-order valence-corrected chi connectivity index (χ0v) is 11.3. The van der Waals surface area contributed by atoms with Gasteiger partial charge in [0.25, 0.3) is 0 Å². The molecule has 2 aromatic rings. The highest BCUT2D eigenvalue weighted by molar-refractivity contribution is 5.39. The van der Waals surface area contributed by atoms with Crippen LogP contribution in [0.4, 0.5) is 5.82 Å². The summed E-state index contributed by atoms with van der Waals surface area (Å²) in [4.78, 5) is 8.44. The van der Waals surface area contributed by atoms with Crippen molar-refractivity contribution in [3.63, 3.8) is 0 Å². The van der Waals surface area contributed by atoms with Gasteiger partial charge in [-0.15, -0.1) is 0 Å². The topological polar surface area (TPSA) is 56.3 Å². The first-order valence-corrected chi connectivity index (χ1v) is 5.97. The van der Waals surface area contributed by atoms with Crippen molar-refractivity contribution in [3.05, 3.63) is 41.7 Å². The molecule has 0 aliphatic rings. The van der Waals surface area contributed by atoms with Crippen molar-refractivity contribution < 1.29 is 9.47 Å². The Morgan fingerprint density at radius 2 is 1.79 bits per heavy atom. The minimum absolute atomic E-state index is 0.560. The fourth-order valence-electron chi connectivity index (χ4n) is 1.67. The average Bonchev–Trinajstić information content (AvgIpc) is 2.45. The normalized spacial score (nSPS) is 10.1. The average molecular weight is 259 g/mol. The summed E-state index contributed by atoms with van der Waals surface area (Å²) in [6, 6.07) is 9.66. The third-order valence-corrected chi connectivity index (χ3v) is 2.66. The van der Waals surface area contributed by atoms with E-state index in [1.807, 2.05) is 31.2 Å². The molecule has 2 rings (SSSR count). The Labute approximate surface area is 112 Å². The van der Waals surface area contributed by atoms with Crippen molar-refractivity contribution in [2.45, 2.75) is 13.5 Å². The predicted molar refractivity (Wildman–Crippen MR) is 73.6 cm³/mol. The van der Waals surface area contributed by atoms with Crippen LogP contribution in [0.1, 0.15) is 11.4 Å². The van der Waals surface area contributed by atoms with Gasteiger partial charge in [0.1, 0.15) is 17.4 Å². The summed E-state index contributed by atoms with van der Waals surface area (Å²) >= 11 is 0. The molecule has 1 aromatic carbocycles. The lowest BCUT2D eigenvalue weighted by molar-refractivity contribution is 0.396. The Hall–Kier alpha value is -2.30. The van der Waals surface area contributed by atoms with E-state index in [1.54, 1.807) is 20.3 Å².